The zero-order valence-electron chi connectivity index (χ0n) is 12.0. The van der Waals surface area contributed by atoms with E-state index in [9.17, 15) is 14.7 Å². The monoisotopic (exact) mass is 317 g/mol. The molecular weight excluding hydrogens is 302 g/mol. The number of hydrogen-bond donors (Lipinski definition) is 1. The van der Waals surface area contributed by atoms with Gasteiger partial charge in [-0.1, -0.05) is 36.0 Å². The Morgan fingerprint density at radius 2 is 2.05 bits per heavy atom. The number of carbonyl (C=O) groups is 2. The van der Waals surface area contributed by atoms with E-state index in [0.29, 0.717) is 11.6 Å². The lowest BCUT2D eigenvalue weighted by Crippen LogP contribution is -2.40. The number of fused-ring (bicyclic) bond motifs is 1. The van der Waals surface area contributed by atoms with Gasteiger partial charge in [0.15, 0.2) is 10.9 Å². The Morgan fingerprint density at radius 3 is 2.73 bits per heavy atom. The minimum Gasteiger partial charge on any atom is -0.481 e. The number of amides is 1. The van der Waals surface area contributed by atoms with Gasteiger partial charge in [-0.05, 0) is 29.5 Å². The van der Waals surface area contributed by atoms with Crippen LogP contribution in [0.1, 0.15) is 27.6 Å². The van der Waals surface area contributed by atoms with Crippen LogP contribution < -0.4 is 0 Å². The minimum absolute atomic E-state index is 0.153. The van der Waals surface area contributed by atoms with Crippen LogP contribution in [-0.2, 0) is 11.3 Å². The van der Waals surface area contributed by atoms with Crippen molar-refractivity contribution in [1.82, 2.24) is 4.90 Å². The van der Waals surface area contributed by atoms with Crippen LogP contribution in [0.4, 0.5) is 0 Å². The maximum absolute atomic E-state index is 12.5. The van der Waals surface area contributed by atoms with E-state index in [1.807, 2.05) is 30.5 Å². The van der Waals surface area contributed by atoms with E-state index in [2.05, 4.69) is 0 Å². The smallest absolute Gasteiger partial charge is 0.312 e. The van der Waals surface area contributed by atoms with Gasteiger partial charge < -0.3 is 14.4 Å². The second-order valence-electron chi connectivity index (χ2n) is 5.10. The molecule has 0 bridgehead atoms. The average molecular weight is 317 g/mol. The van der Waals surface area contributed by atoms with E-state index in [1.54, 1.807) is 12.1 Å². The lowest BCUT2D eigenvalue weighted by molar-refractivity contribution is -0.139. The molecule has 1 N–H and O–H groups in total. The molecule has 0 spiro atoms. The SMILES string of the molecule is CSc1ccc(C(=O)N2Cc3ccccc3C(C(=O)O)C2)o1. The topological polar surface area (TPSA) is 70.8 Å². The van der Waals surface area contributed by atoms with Gasteiger partial charge in [0.25, 0.3) is 5.91 Å². The fraction of sp³-hybridized carbons (Fsp3) is 0.250. The predicted octanol–water partition coefficient (Wildman–Crippen LogP) is 2.83. The van der Waals surface area contributed by atoms with Crippen molar-refractivity contribution in [3.05, 3.63) is 53.3 Å². The number of nitrogens with zero attached hydrogens (tertiary/aromatic N) is 1. The standard InChI is InChI=1S/C16H15NO4S/c1-22-14-7-6-13(21-14)15(18)17-8-10-4-2-3-5-11(10)12(9-17)16(19)20/h2-7,12H,8-9H2,1H3,(H,19,20). The molecule has 0 saturated carbocycles. The van der Waals surface area contributed by atoms with E-state index >= 15 is 0 Å². The summed E-state index contributed by atoms with van der Waals surface area (Å²) < 4.78 is 5.46. The molecule has 0 fully saturated rings. The second-order valence-corrected chi connectivity index (χ2v) is 5.91. The van der Waals surface area contributed by atoms with Crippen molar-refractivity contribution in [2.75, 3.05) is 12.8 Å². The summed E-state index contributed by atoms with van der Waals surface area (Å²) in [4.78, 5) is 25.6. The Morgan fingerprint density at radius 1 is 1.27 bits per heavy atom. The molecule has 0 saturated heterocycles. The summed E-state index contributed by atoms with van der Waals surface area (Å²) in [7, 11) is 0. The zero-order valence-corrected chi connectivity index (χ0v) is 12.8. The predicted molar refractivity (Wildman–Crippen MR) is 82.0 cm³/mol. The molecule has 114 valence electrons. The van der Waals surface area contributed by atoms with E-state index in [0.717, 1.165) is 11.1 Å². The highest BCUT2D eigenvalue weighted by Crippen LogP contribution is 2.30. The maximum Gasteiger partial charge on any atom is 0.312 e. The van der Waals surface area contributed by atoms with Crippen molar-refractivity contribution in [3.63, 3.8) is 0 Å². The van der Waals surface area contributed by atoms with E-state index in [-0.39, 0.29) is 18.2 Å². The van der Waals surface area contributed by atoms with Crippen LogP contribution in [0.25, 0.3) is 0 Å². The largest absolute Gasteiger partial charge is 0.481 e. The van der Waals surface area contributed by atoms with Gasteiger partial charge >= 0.3 is 5.97 Å². The molecule has 6 heteroatoms. The molecule has 2 aromatic rings. The third-order valence-corrected chi connectivity index (χ3v) is 4.40. The number of hydrogen-bond acceptors (Lipinski definition) is 4. The number of benzene rings is 1. The first kappa shape index (κ1) is 14.7. The molecule has 3 rings (SSSR count). The summed E-state index contributed by atoms with van der Waals surface area (Å²) in [5.41, 5.74) is 1.65. The van der Waals surface area contributed by atoms with Gasteiger partial charge in [-0.25, -0.2) is 0 Å². The molecule has 2 heterocycles. The van der Waals surface area contributed by atoms with Gasteiger partial charge in [0.05, 0.1) is 5.92 Å². The summed E-state index contributed by atoms with van der Waals surface area (Å²) in [6.07, 6.45) is 1.87. The molecule has 1 aromatic carbocycles. The molecule has 1 amide bonds. The van der Waals surface area contributed by atoms with Crippen LogP contribution in [0.2, 0.25) is 0 Å². The third-order valence-electron chi connectivity index (χ3n) is 3.77. The quantitative estimate of drug-likeness (QED) is 0.882. The molecule has 1 atom stereocenters. The van der Waals surface area contributed by atoms with Crippen molar-refractivity contribution >= 4 is 23.6 Å². The lowest BCUT2D eigenvalue weighted by atomic mass is 9.89. The Labute approximate surface area is 131 Å². The van der Waals surface area contributed by atoms with Gasteiger partial charge in [-0.2, -0.15) is 0 Å². The van der Waals surface area contributed by atoms with Crippen LogP contribution in [0.5, 0.6) is 0 Å². The number of carboxylic acid groups (broad SMARTS) is 1. The molecule has 1 aromatic heterocycles. The fourth-order valence-electron chi connectivity index (χ4n) is 2.67. The fourth-order valence-corrected chi connectivity index (χ4v) is 3.05. The van der Waals surface area contributed by atoms with Gasteiger partial charge in [0.1, 0.15) is 0 Å². The molecule has 22 heavy (non-hydrogen) atoms. The van der Waals surface area contributed by atoms with Gasteiger partial charge in [0.2, 0.25) is 0 Å². The van der Waals surface area contributed by atoms with Crippen molar-refractivity contribution < 1.29 is 19.1 Å². The summed E-state index contributed by atoms with van der Waals surface area (Å²) in [6, 6.07) is 10.7. The van der Waals surface area contributed by atoms with Gasteiger partial charge in [-0.15, -0.1) is 0 Å². The number of rotatable bonds is 3. The van der Waals surface area contributed by atoms with E-state index < -0.39 is 11.9 Å². The molecule has 5 nitrogen and oxygen atoms in total. The highest BCUT2D eigenvalue weighted by molar-refractivity contribution is 7.98. The zero-order chi connectivity index (χ0) is 15.7. The third kappa shape index (κ3) is 2.62. The molecule has 0 radical (unpaired) electrons. The first-order chi connectivity index (χ1) is 10.6. The normalized spacial score (nSPS) is 17.1. The Kier molecular flexibility index (Phi) is 3.94. The van der Waals surface area contributed by atoms with Crippen molar-refractivity contribution in [1.29, 1.82) is 0 Å². The van der Waals surface area contributed by atoms with Gasteiger partial charge in [0, 0.05) is 13.1 Å². The summed E-state index contributed by atoms with van der Waals surface area (Å²) in [6.45, 7) is 0.550. The number of aliphatic carboxylic acids is 1. The first-order valence-electron chi connectivity index (χ1n) is 6.84. The van der Waals surface area contributed by atoms with Crippen LogP contribution in [0, 0.1) is 0 Å². The number of thioether (sulfide) groups is 1. The summed E-state index contributed by atoms with van der Waals surface area (Å²) >= 11 is 1.42. The van der Waals surface area contributed by atoms with E-state index in [1.165, 1.54) is 16.7 Å². The lowest BCUT2D eigenvalue weighted by Gasteiger charge is -2.32. The Balaban J connectivity index is 1.90. The molecule has 1 aliphatic heterocycles. The van der Waals surface area contributed by atoms with Crippen molar-refractivity contribution in [3.8, 4) is 0 Å². The number of carbonyl (C=O) groups excluding carboxylic acids is 1. The van der Waals surface area contributed by atoms with Crippen LogP contribution in [0.3, 0.4) is 0 Å². The highest BCUT2D eigenvalue weighted by Gasteiger charge is 2.33. The molecule has 1 unspecified atom stereocenters. The van der Waals surface area contributed by atoms with E-state index in [4.69, 9.17) is 4.42 Å². The number of carboxylic acids is 1. The average Bonchev–Trinajstić information content (AvgIpc) is 3.02. The maximum atomic E-state index is 12.5. The van der Waals surface area contributed by atoms with Gasteiger partial charge in [-0.3, -0.25) is 9.59 Å². The molecular formula is C16H15NO4S. The van der Waals surface area contributed by atoms with Crippen LogP contribution in [-0.4, -0.2) is 34.7 Å². The first-order valence-corrected chi connectivity index (χ1v) is 8.06. The summed E-state index contributed by atoms with van der Waals surface area (Å²) in [5, 5.41) is 10.1. The van der Waals surface area contributed by atoms with Crippen LogP contribution in [0.15, 0.2) is 45.9 Å². The molecule has 0 aliphatic carbocycles. The van der Waals surface area contributed by atoms with Crippen molar-refractivity contribution in [2.45, 2.75) is 17.6 Å². The van der Waals surface area contributed by atoms with Crippen LogP contribution >= 0.6 is 11.8 Å². The second kappa shape index (κ2) is 5.88. The highest BCUT2D eigenvalue weighted by atomic mass is 32.2. The summed E-state index contributed by atoms with van der Waals surface area (Å²) in [5.74, 6) is -1.66. The Hall–Kier alpha value is -2.21. The molecule has 1 aliphatic rings. The Bertz CT molecular complexity index is 724. The minimum atomic E-state index is -0.922. The van der Waals surface area contributed by atoms with Crippen molar-refractivity contribution in [2.24, 2.45) is 0 Å². The number of furan rings is 1.